The summed E-state index contributed by atoms with van der Waals surface area (Å²) in [6.07, 6.45) is 0. The number of nitrogens with zero attached hydrogens (tertiary/aromatic N) is 1. The Morgan fingerprint density at radius 1 is 1.33 bits per heavy atom. The van der Waals surface area contributed by atoms with Gasteiger partial charge >= 0.3 is 0 Å². The van der Waals surface area contributed by atoms with Crippen molar-refractivity contribution < 1.29 is 4.79 Å². The van der Waals surface area contributed by atoms with Crippen molar-refractivity contribution >= 4 is 17.2 Å². The van der Waals surface area contributed by atoms with Crippen LogP contribution in [0, 0.1) is 6.92 Å². The summed E-state index contributed by atoms with van der Waals surface area (Å²) in [6.45, 7) is 5.50. The highest BCUT2D eigenvalue weighted by molar-refractivity contribution is 7.15. The summed E-state index contributed by atoms with van der Waals surface area (Å²) in [5.74, 6) is -0.0171. The molecule has 0 spiro atoms. The number of aromatic nitrogens is 1. The first-order chi connectivity index (χ1) is 8.58. The third kappa shape index (κ3) is 2.76. The van der Waals surface area contributed by atoms with E-state index < -0.39 is 0 Å². The summed E-state index contributed by atoms with van der Waals surface area (Å²) in [5, 5.41) is 3.90. The lowest BCUT2D eigenvalue weighted by Gasteiger charge is -2.10. The topological polar surface area (TPSA) is 42.0 Å². The summed E-state index contributed by atoms with van der Waals surface area (Å²) in [4.78, 5) is 16.8. The average Bonchev–Trinajstić information content (AvgIpc) is 2.72. The number of benzene rings is 1. The van der Waals surface area contributed by atoms with E-state index in [1.54, 1.807) is 11.3 Å². The average molecular weight is 260 g/mol. The zero-order valence-electron chi connectivity index (χ0n) is 10.7. The first-order valence-corrected chi connectivity index (χ1v) is 6.69. The molecule has 1 unspecified atom stereocenters. The van der Waals surface area contributed by atoms with Gasteiger partial charge in [0.25, 0.3) is 0 Å². The minimum Gasteiger partial charge on any atom is -0.349 e. The number of carbonyl (C=O) groups is 1. The van der Waals surface area contributed by atoms with Crippen molar-refractivity contribution in [1.82, 2.24) is 10.3 Å². The molecule has 0 aliphatic rings. The van der Waals surface area contributed by atoms with Crippen LogP contribution in [0.3, 0.4) is 0 Å². The van der Waals surface area contributed by atoms with Crippen LogP contribution >= 0.6 is 11.3 Å². The molecule has 1 aromatic carbocycles. The van der Waals surface area contributed by atoms with Crippen molar-refractivity contribution in [3.05, 3.63) is 40.9 Å². The van der Waals surface area contributed by atoms with Crippen LogP contribution in [0.1, 0.15) is 30.5 Å². The number of hydrogen-bond acceptors (Lipinski definition) is 3. The van der Waals surface area contributed by atoms with E-state index in [2.05, 4.69) is 10.3 Å². The van der Waals surface area contributed by atoms with Crippen LogP contribution in [0.2, 0.25) is 0 Å². The van der Waals surface area contributed by atoms with Crippen LogP contribution in [0.4, 0.5) is 0 Å². The molecule has 18 heavy (non-hydrogen) atoms. The molecule has 0 fully saturated rings. The Kier molecular flexibility index (Phi) is 3.77. The van der Waals surface area contributed by atoms with Crippen LogP contribution in [-0.2, 0) is 4.79 Å². The number of nitrogens with one attached hydrogen (secondary N) is 1. The molecular formula is C14H16N2OS. The quantitative estimate of drug-likeness (QED) is 0.920. The van der Waals surface area contributed by atoms with Crippen molar-refractivity contribution in [3.63, 3.8) is 0 Å². The van der Waals surface area contributed by atoms with Gasteiger partial charge in [0.15, 0.2) is 0 Å². The Labute approximate surface area is 111 Å². The van der Waals surface area contributed by atoms with E-state index in [-0.39, 0.29) is 11.9 Å². The largest absolute Gasteiger partial charge is 0.349 e. The van der Waals surface area contributed by atoms with Gasteiger partial charge in [0.2, 0.25) is 5.91 Å². The van der Waals surface area contributed by atoms with E-state index in [4.69, 9.17) is 0 Å². The molecule has 0 saturated heterocycles. The zero-order valence-corrected chi connectivity index (χ0v) is 11.5. The van der Waals surface area contributed by atoms with E-state index in [1.807, 2.05) is 44.2 Å². The second kappa shape index (κ2) is 5.31. The number of thiazole rings is 1. The summed E-state index contributed by atoms with van der Waals surface area (Å²) >= 11 is 1.64. The minimum absolute atomic E-state index is 0.0115. The lowest BCUT2D eigenvalue weighted by molar-refractivity contribution is -0.119. The van der Waals surface area contributed by atoms with Gasteiger partial charge in [-0.2, -0.15) is 0 Å². The van der Waals surface area contributed by atoms with Gasteiger partial charge < -0.3 is 5.32 Å². The predicted octanol–water partition coefficient (Wildman–Crippen LogP) is 3.32. The SMILES string of the molecule is CC(=O)NC(C)c1sc(-c2ccccc2)nc1C. The lowest BCUT2D eigenvalue weighted by Crippen LogP contribution is -2.23. The number of hydrogen-bond donors (Lipinski definition) is 1. The number of rotatable bonds is 3. The number of aryl methyl sites for hydroxylation is 1. The summed E-state index contributed by atoms with van der Waals surface area (Å²) < 4.78 is 0. The van der Waals surface area contributed by atoms with Crippen LogP contribution in [0.15, 0.2) is 30.3 Å². The predicted molar refractivity (Wildman–Crippen MR) is 74.5 cm³/mol. The molecule has 1 aromatic heterocycles. The van der Waals surface area contributed by atoms with Crippen LogP contribution < -0.4 is 5.32 Å². The van der Waals surface area contributed by atoms with Crippen LogP contribution in [-0.4, -0.2) is 10.9 Å². The van der Waals surface area contributed by atoms with Gasteiger partial charge in [0.05, 0.1) is 16.6 Å². The molecule has 1 amide bonds. The first-order valence-electron chi connectivity index (χ1n) is 5.87. The van der Waals surface area contributed by atoms with Gasteiger partial charge in [-0.25, -0.2) is 4.98 Å². The molecule has 0 radical (unpaired) electrons. The summed E-state index contributed by atoms with van der Waals surface area (Å²) in [6, 6.07) is 10.1. The first kappa shape index (κ1) is 12.8. The lowest BCUT2D eigenvalue weighted by atomic mass is 10.2. The van der Waals surface area contributed by atoms with Crippen molar-refractivity contribution in [2.45, 2.75) is 26.8 Å². The monoisotopic (exact) mass is 260 g/mol. The van der Waals surface area contributed by atoms with Gasteiger partial charge in [-0.1, -0.05) is 30.3 Å². The number of carbonyl (C=O) groups excluding carboxylic acids is 1. The Bertz CT molecular complexity index is 548. The van der Waals surface area contributed by atoms with E-state index in [9.17, 15) is 4.79 Å². The minimum atomic E-state index is -0.0171. The molecule has 4 heteroatoms. The van der Waals surface area contributed by atoms with E-state index >= 15 is 0 Å². The van der Waals surface area contributed by atoms with Gasteiger partial charge in [-0.3, -0.25) is 4.79 Å². The van der Waals surface area contributed by atoms with Crippen molar-refractivity contribution in [2.75, 3.05) is 0 Å². The van der Waals surface area contributed by atoms with Crippen molar-refractivity contribution in [3.8, 4) is 10.6 Å². The van der Waals surface area contributed by atoms with Crippen molar-refractivity contribution in [1.29, 1.82) is 0 Å². The maximum absolute atomic E-state index is 11.1. The maximum atomic E-state index is 11.1. The van der Waals surface area contributed by atoms with E-state index in [0.29, 0.717) is 0 Å². The third-order valence-corrected chi connectivity index (χ3v) is 4.06. The standard InChI is InChI=1S/C14H16N2OS/c1-9(15-11(3)17)13-10(2)16-14(18-13)12-7-5-4-6-8-12/h4-9H,1-3H3,(H,15,17). The molecule has 0 bridgehead atoms. The highest BCUT2D eigenvalue weighted by atomic mass is 32.1. The Morgan fingerprint density at radius 3 is 2.61 bits per heavy atom. The second-order valence-electron chi connectivity index (χ2n) is 4.26. The molecule has 2 rings (SSSR count). The van der Waals surface area contributed by atoms with Crippen LogP contribution in [0.25, 0.3) is 10.6 Å². The molecule has 2 aromatic rings. The Hall–Kier alpha value is -1.68. The zero-order chi connectivity index (χ0) is 13.1. The van der Waals surface area contributed by atoms with Gasteiger partial charge in [0.1, 0.15) is 5.01 Å². The molecule has 1 N–H and O–H groups in total. The van der Waals surface area contributed by atoms with Gasteiger partial charge in [-0.05, 0) is 13.8 Å². The molecule has 1 atom stereocenters. The normalized spacial score (nSPS) is 12.2. The number of amides is 1. The van der Waals surface area contributed by atoms with Gasteiger partial charge in [-0.15, -0.1) is 11.3 Å². The molecule has 94 valence electrons. The molecule has 1 heterocycles. The fourth-order valence-corrected chi connectivity index (χ4v) is 2.96. The van der Waals surface area contributed by atoms with E-state index in [0.717, 1.165) is 21.1 Å². The second-order valence-corrected chi connectivity index (χ2v) is 5.29. The molecule has 0 aliphatic heterocycles. The van der Waals surface area contributed by atoms with Gasteiger partial charge in [0, 0.05) is 12.5 Å². The molecule has 0 saturated carbocycles. The summed E-state index contributed by atoms with van der Waals surface area (Å²) in [5.41, 5.74) is 2.10. The van der Waals surface area contributed by atoms with Crippen molar-refractivity contribution in [2.24, 2.45) is 0 Å². The fourth-order valence-electron chi connectivity index (χ4n) is 1.88. The third-order valence-electron chi connectivity index (χ3n) is 2.67. The highest BCUT2D eigenvalue weighted by Gasteiger charge is 2.15. The fraction of sp³-hybridized carbons (Fsp3) is 0.286. The maximum Gasteiger partial charge on any atom is 0.217 e. The Balaban J connectivity index is 2.30. The smallest absolute Gasteiger partial charge is 0.217 e. The summed E-state index contributed by atoms with van der Waals surface area (Å²) in [7, 11) is 0. The van der Waals surface area contributed by atoms with Crippen LogP contribution in [0.5, 0.6) is 0 Å². The molecular weight excluding hydrogens is 244 g/mol. The molecule has 0 aliphatic carbocycles. The Morgan fingerprint density at radius 2 is 2.00 bits per heavy atom. The highest BCUT2D eigenvalue weighted by Crippen LogP contribution is 2.31. The molecule has 3 nitrogen and oxygen atoms in total. The van der Waals surface area contributed by atoms with E-state index in [1.165, 1.54) is 6.92 Å².